The summed E-state index contributed by atoms with van der Waals surface area (Å²) in [6, 6.07) is 3.54. The van der Waals surface area contributed by atoms with E-state index in [1.165, 1.54) is 6.08 Å². The Labute approximate surface area is 111 Å². The molecule has 2 rings (SSSR count). The first-order valence-corrected chi connectivity index (χ1v) is 5.59. The van der Waals surface area contributed by atoms with E-state index in [-0.39, 0.29) is 5.97 Å². The molecule has 19 heavy (non-hydrogen) atoms. The van der Waals surface area contributed by atoms with Gasteiger partial charge in [-0.15, -0.1) is 0 Å². The molecule has 1 aliphatic rings. The number of rotatable bonds is 4. The number of carbonyl (C=O) groups excluding carboxylic acids is 1. The summed E-state index contributed by atoms with van der Waals surface area (Å²) < 4.78 is 20.7. The molecule has 100 valence electrons. The molecule has 0 bridgehead atoms. The summed E-state index contributed by atoms with van der Waals surface area (Å²) in [6.45, 7) is 0. The second kappa shape index (κ2) is 5.48. The van der Waals surface area contributed by atoms with Gasteiger partial charge < -0.3 is 18.9 Å². The minimum Gasteiger partial charge on any atom is -0.493 e. The Hall–Kier alpha value is -2.43. The highest BCUT2D eigenvalue weighted by molar-refractivity contribution is 5.88. The van der Waals surface area contributed by atoms with Gasteiger partial charge in [0.05, 0.1) is 21.3 Å². The van der Waals surface area contributed by atoms with Crippen molar-refractivity contribution in [2.45, 2.75) is 0 Å². The molecule has 0 saturated carbocycles. The molecule has 5 nitrogen and oxygen atoms in total. The number of hydrogen-bond donors (Lipinski definition) is 0. The molecule has 1 aromatic carbocycles. The Morgan fingerprint density at radius 1 is 1.00 bits per heavy atom. The molecule has 0 spiro atoms. The van der Waals surface area contributed by atoms with Gasteiger partial charge in [-0.2, -0.15) is 0 Å². The first-order valence-electron chi connectivity index (χ1n) is 5.59. The third-order valence-electron chi connectivity index (χ3n) is 2.60. The monoisotopic (exact) mass is 262 g/mol. The van der Waals surface area contributed by atoms with Crippen molar-refractivity contribution in [3.8, 4) is 17.2 Å². The zero-order valence-electron chi connectivity index (χ0n) is 10.9. The molecule has 1 aliphatic heterocycles. The average molecular weight is 262 g/mol. The van der Waals surface area contributed by atoms with Crippen molar-refractivity contribution in [3.05, 3.63) is 35.6 Å². The van der Waals surface area contributed by atoms with E-state index in [2.05, 4.69) is 0 Å². The lowest BCUT2D eigenvalue weighted by Gasteiger charge is -2.13. The zero-order valence-corrected chi connectivity index (χ0v) is 10.9. The van der Waals surface area contributed by atoms with Crippen molar-refractivity contribution < 1.29 is 23.7 Å². The third-order valence-corrected chi connectivity index (χ3v) is 2.60. The number of ether oxygens (including phenoxy) is 4. The summed E-state index contributed by atoms with van der Waals surface area (Å²) in [7, 11) is 4.63. The number of hydrogen-bond acceptors (Lipinski definition) is 5. The van der Waals surface area contributed by atoms with Crippen molar-refractivity contribution in [1.29, 1.82) is 0 Å². The van der Waals surface area contributed by atoms with Gasteiger partial charge in [-0.3, -0.25) is 0 Å². The molecule has 0 N–H and O–H groups in total. The van der Waals surface area contributed by atoms with Crippen LogP contribution in [0.3, 0.4) is 0 Å². The van der Waals surface area contributed by atoms with Crippen LogP contribution in [0.4, 0.5) is 0 Å². The molecular formula is C14H14O5. The number of cyclic esters (lactones) is 1. The Kier molecular flexibility index (Phi) is 3.75. The molecule has 0 saturated heterocycles. The summed E-state index contributed by atoms with van der Waals surface area (Å²) in [6.07, 6.45) is 4.68. The summed E-state index contributed by atoms with van der Waals surface area (Å²) >= 11 is 0. The Morgan fingerprint density at radius 2 is 1.63 bits per heavy atom. The fraction of sp³-hybridized carbons (Fsp3) is 0.214. The second-order valence-electron chi connectivity index (χ2n) is 3.76. The summed E-state index contributed by atoms with van der Waals surface area (Å²) in [5, 5.41) is 0. The van der Waals surface area contributed by atoms with E-state index in [1.807, 2.05) is 0 Å². The van der Waals surface area contributed by atoms with Crippen LogP contribution in [0.25, 0.3) is 6.08 Å². The standard InChI is InChI=1S/C14H14O5/c1-16-11-7-9(6-10-4-5-13(15)19-10)8-12(17-2)14(11)18-3/h4-8H,1-3H3/b10-6+. The van der Waals surface area contributed by atoms with Crippen LogP contribution < -0.4 is 14.2 Å². The molecule has 0 aliphatic carbocycles. The first-order chi connectivity index (χ1) is 9.17. The average Bonchev–Trinajstić information content (AvgIpc) is 2.82. The highest BCUT2D eigenvalue weighted by Gasteiger charge is 2.14. The van der Waals surface area contributed by atoms with Crippen LogP contribution in [-0.2, 0) is 9.53 Å². The van der Waals surface area contributed by atoms with E-state index < -0.39 is 0 Å². The van der Waals surface area contributed by atoms with Gasteiger partial charge in [-0.25, -0.2) is 4.79 Å². The van der Waals surface area contributed by atoms with E-state index in [0.717, 1.165) is 5.56 Å². The minimum atomic E-state index is -0.376. The Morgan fingerprint density at radius 3 is 2.05 bits per heavy atom. The number of methoxy groups -OCH3 is 3. The van der Waals surface area contributed by atoms with Gasteiger partial charge in [0.15, 0.2) is 11.5 Å². The van der Waals surface area contributed by atoms with Gasteiger partial charge in [-0.1, -0.05) is 0 Å². The highest BCUT2D eigenvalue weighted by atomic mass is 16.5. The number of benzene rings is 1. The predicted octanol–water partition coefficient (Wildman–Crippen LogP) is 2.17. The smallest absolute Gasteiger partial charge is 0.336 e. The third kappa shape index (κ3) is 2.70. The van der Waals surface area contributed by atoms with Crippen molar-refractivity contribution in [2.75, 3.05) is 21.3 Å². The lowest BCUT2D eigenvalue weighted by atomic mass is 10.1. The SMILES string of the molecule is COc1cc(/C=C2\C=CC(=O)O2)cc(OC)c1OC. The quantitative estimate of drug-likeness (QED) is 0.778. The largest absolute Gasteiger partial charge is 0.493 e. The molecule has 0 aromatic heterocycles. The molecule has 5 heteroatoms. The second-order valence-corrected chi connectivity index (χ2v) is 3.76. The lowest BCUT2D eigenvalue weighted by Crippen LogP contribution is -1.96. The van der Waals surface area contributed by atoms with Crippen LogP contribution in [0, 0.1) is 0 Å². The van der Waals surface area contributed by atoms with Gasteiger partial charge in [0, 0.05) is 6.08 Å². The summed E-state index contributed by atoms with van der Waals surface area (Å²) in [5.74, 6) is 1.70. The lowest BCUT2D eigenvalue weighted by molar-refractivity contribution is -0.132. The van der Waals surface area contributed by atoms with E-state index in [0.29, 0.717) is 23.0 Å². The van der Waals surface area contributed by atoms with E-state index in [9.17, 15) is 4.79 Å². The fourth-order valence-electron chi connectivity index (χ4n) is 1.76. The Balaban J connectivity index is 2.42. The molecule has 0 amide bonds. The predicted molar refractivity (Wildman–Crippen MR) is 69.3 cm³/mol. The van der Waals surface area contributed by atoms with Gasteiger partial charge >= 0.3 is 5.97 Å². The number of esters is 1. The van der Waals surface area contributed by atoms with E-state index >= 15 is 0 Å². The van der Waals surface area contributed by atoms with Crippen molar-refractivity contribution in [1.82, 2.24) is 0 Å². The van der Waals surface area contributed by atoms with Crippen LogP contribution in [0.2, 0.25) is 0 Å². The van der Waals surface area contributed by atoms with Gasteiger partial charge in [0.2, 0.25) is 5.75 Å². The highest BCUT2D eigenvalue weighted by Crippen LogP contribution is 2.38. The Bertz CT molecular complexity index is 532. The van der Waals surface area contributed by atoms with Crippen LogP contribution in [0.1, 0.15) is 5.56 Å². The fourth-order valence-corrected chi connectivity index (χ4v) is 1.76. The zero-order chi connectivity index (χ0) is 13.8. The van der Waals surface area contributed by atoms with Crippen molar-refractivity contribution >= 4 is 12.0 Å². The maximum absolute atomic E-state index is 11.0. The van der Waals surface area contributed by atoms with Crippen LogP contribution in [0.5, 0.6) is 17.2 Å². The number of carbonyl (C=O) groups is 1. The summed E-state index contributed by atoms with van der Waals surface area (Å²) in [4.78, 5) is 11.0. The van der Waals surface area contributed by atoms with Gasteiger partial charge in [-0.05, 0) is 29.8 Å². The number of allylic oxidation sites excluding steroid dienone is 1. The van der Waals surface area contributed by atoms with E-state index in [4.69, 9.17) is 18.9 Å². The maximum atomic E-state index is 11.0. The molecule has 0 atom stereocenters. The van der Waals surface area contributed by atoms with Crippen LogP contribution >= 0.6 is 0 Å². The molecule has 1 heterocycles. The van der Waals surface area contributed by atoms with Crippen molar-refractivity contribution in [3.63, 3.8) is 0 Å². The minimum absolute atomic E-state index is 0.376. The van der Waals surface area contributed by atoms with Gasteiger partial charge in [0.1, 0.15) is 5.76 Å². The normalized spacial score (nSPS) is 15.5. The first kappa shape index (κ1) is 13.0. The maximum Gasteiger partial charge on any atom is 0.336 e. The van der Waals surface area contributed by atoms with Crippen molar-refractivity contribution in [2.24, 2.45) is 0 Å². The van der Waals surface area contributed by atoms with Crippen LogP contribution in [0.15, 0.2) is 30.0 Å². The molecule has 0 fully saturated rings. The topological polar surface area (TPSA) is 54.0 Å². The van der Waals surface area contributed by atoms with Gasteiger partial charge in [0.25, 0.3) is 0 Å². The van der Waals surface area contributed by atoms with E-state index in [1.54, 1.807) is 45.6 Å². The molecule has 1 aromatic rings. The van der Waals surface area contributed by atoms with Crippen LogP contribution in [-0.4, -0.2) is 27.3 Å². The molecule has 0 unspecified atom stereocenters. The summed E-state index contributed by atoms with van der Waals surface area (Å²) in [5.41, 5.74) is 0.781. The molecule has 0 radical (unpaired) electrons. The molecular weight excluding hydrogens is 248 g/mol.